The first kappa shape index (κ1) is 34.1. The first-order chi connectivity index (χ1) is 21.6. The molecular formula is C36H52N2O6. The maximum atomic E-state index is 13.7. The van der Waals surface area contributed by atoms with Crippen molar-refractivity contribution in [3.05, 3.63) is 59.7 Å². The summed E-state index contributed by atoms with van der Waals surface area (Å²) >= 11 is 0. The van der Waals surface area contributed by atoms with Crippen LogP contribution in [0.2, 0.25) is 0 Å². The van der Waals surface area contributed by atoms with E-state index in [1.165, 1.54) is 0 Å². The van der Waals surface area contributed by atoms with Crippen LogP contribution in [0.3, 0.4) is 0 Å². The Kier molecular flexibility index (Phi) is 14.6. The molecule has 2 aliphatic heterocycles. The van der Waals surface area contributed by atoms with E-state index in [0.717, 1.165) is 100 Å². The van der Waals surface area contributed by atoms with Gasteiger partial charge in [0.25, 0.3) is 0 Å². The smallest absolute Gasteiger partial charge is 0.167 e. The van der Waals surface area contributed by atoms with Crippen LogP contribution in [-0.4, -0.2) is 100 Å². The number of carbonyl (C=O) groups is 2. The molecule has 2 heterocycles. The van der Waals surface area contributed by atoms with Crippen molar-refractivity contribution in [2.24, 2.45) is 11.8 Å². The minimum Gasteiger partial charge on any atom is -0.494 e. The lowest BCUT2D eigenvalue weighted by Gasteiger charge is -2.31. The first-order valence-electron chi connectivity index (χ1n) is 16.7. The van der Waals surface area contributed by atoms with Crippen molar-refractivity contribution in [3.63, 3.8) is 0 Å². The second-order valence-electron chi connectivity index (χ2n) is 12.0. The van der Waals surface area contributed by atoms with Gasteiger partial charge in [-0.3, -0.25) is 19.4 Å². The van der Waals surface area contributed by atoms with Gasteiger partial charge in [0.05, 0.1) is 39.6 Å². The number of rotatable bonds is 19. The third-order valence-corrected chi connectivity index (χ3v) is 8.48. The third kappa shape index (κ3) is 11.0. The average Bonchev–Trinajstić information content (AvgIpc) is 3.08. The number of ketones is 2. The number of nitrogens with zero attached hydrogens (tertiary/aromatic N) is 2. The summed E-state index contributed by atoms with van der Waals surface area (Å²) in [5, 5.41) is 0. The number of Topliss-reactive ketones (excluding diaryl/α,β-unsaturated/α-hetero) is 2. The molecule has 8 nitrogen and oxygen atoms in total. The van der Waals surface area contributed by atoms with Gasteiger partial charge in [-0.05, 0) is 74.2 Å². The van der Waals surface area contributed by atoms with Crippen molar-refractivity contribution >= 4 is 11.6 Å². The van der Waals surface area contributed by atoms with Crippen LogP contribution < -0.4 is 9.47 Å². The lowest BCUT2D eigenvalue weighted by atomic mass is 9.88. The van der Waals surface area contributed by atoms with E-state index in [2.05, 4.69) is 23.6 Å². The van der Waals surface area contributed by atoms with Gasteiger partial charge in [-0.1, -0.05) is 26.7 Å². The van der Waals surface area contributed by atoms with Crippen LogP contribution in [-0.2, 0) is 9.47 Å². The van der Waals surface area contributed by atoms with Crippen molar-refractivity contribution in [2.45, 2.75) is 52.4 Å². The molecule has 2 aromatic rings. The topological polar surface area (TPSA) is 77.5 Å². The number of hydrogen-bond donors (Lipinski definition) is 0. The molecule has 2 aliphatic rings. The summed E-state index contributed by atoms with van der Waals surface area (Å²) in [6, 6.07) is 15.2. The molecule has 2 unspecified atom stereocenters. The Bertz CT molecular complexity index is 1020. The van der Waals surface area contributed by atoms with Crippen LogP contribution in [0.15, 0.2) is 48.5 Å². The predicted molar refractivity (Wildman–Crippen MR) is 173 cm³/mol. The monoisotopic (exact) mass is 608 g/mol. The molecule has 0 amide bonds. The Morgan fingerprint density at radius 1 is 0.636 bits per heavy atom. The van der Waals surface area contributed by atoms with Crippen molar-refractivity contribution in [1.82, 2.24) is 9.80 Å². The van der Waals surface area contributed by atoms with E-state index < -0.39 is 0 Å². The highest BCUT2D eigenvalue weighted by Crippen LogP contribution is 2.24. The summed E-state index contributed by atoms with van der Waals surface area (Å²) in [7, 11) is 0. The average molecular weight is 609 g/mol. The molecule has 0 spiro atoms. The molecule has 242 valence electrons. The van der Waals surface area contributed by atoms with E-state index in [-0.39, 0.29) is 23.4 Å². The second kappa shape index (κ2) is 18.9. The summed E-state index contributed by atoms with van der Waals surface area (Å²) in [6.07, 6.45) is 5.28. The zero-order valence-corrected chi connectivity index (χ0v) is 26.8. The van der Waals surface area contributed by atoms with Crippen LogP contribution >= 0.6 is 0 Å². The van der Waals surface area contributed by atoms with Gasteiger partial charge in [0, 0.05) is 62.2 Å². The molecule has 44 heavy (non-hydrogen) atoms. The van der Waals surface area contributed by atoms with Gasteiger partial charge in [-0.2, -0.15) is 0 Å². The van der Waals surface area contributed by atoms with Gasteiger partial charge >= 0.3 is 0 Å². The lowest BCUT2D eigenvalue weighted by molar-refractivity contribution is 0.0283. The van der Waals surface area contributed by atoms with Crippen molar-refractivity contribution in [2.75, 3.05) is 78.9 Å². The zero-order chi connectivity index (χ0) is 31.0. The van der Waals surface area contributed by atoms with E-state index in [9.17, 15) is 9.59 Å². The maximum absolute atomic E-state index is 13.7. The second-order valence-corrected chi connectivity index (χ2v) is 12.0. The Morgan fingerprint density at radius 2 is 1.00 bits per heavy atom. The lowest BCUT2D eigenvalue weighted by Crippen LogP contribution is -2.41. The number of unbranched alkanes of at least 4 members (excludes halogenated alkanes) is 1. The standard InChI is InChI=1S/C36H52N2O6/c1-3-21-43-33-13-9-29(10-14-33)35(39)31(27-37-17-23-41-24-18-37)7-5-6-8-32(28-38-19-25-42-26-20-38)36(40)30-11-15-34(16-12-30)44-22-4-2/h9-16,31-32H,3-8,17-28H2,1-2H3. The molecule has 8 heteroatoms. The fraction of sp³-hybridized carbons (Fsp3) is 0.611. The highest BCUT2D eigenvalue weighted by molar-refractivity contribution is 5.98. The summed E-state index contributed by atoms with van der Waals surface area (Å²) in [4.78, 5) is 32.2. The summed E-state index contributed by atoms with van der Waals surface area (Å²) in [5.41, 5.74) is 1.47. The van der Waals surface area contributed by atoms with Crippen molar-refractivity contribution < 1.29 is 28.5 Å². The SMILES string of the molecule is CCCOc1ccc(C(=O)C(CCCCC(CN2CCOCC2)C(=O)c2ccc(OCCC)cc2)CN2CCOCC2)cc1. The molecule has 2 saturated heterocycles. The normalized spacial score (nSPS) is 17.6. The van der Waals surface area contributed by atoms with E-state index in [1.54, 1.807) is 0 Å². The zero-order valence-electron chi connectivity index (χ0n) is 26.8. The fourth-order valence-corrected chi connectivity index (χ4v) is 5.92. The molecule has 2 aromatic carbocycles. The molecule has 4 rings (SSSR count). The van der Waals surface area contributed by atoms with E-state index in [4.69, 9.17) is 18.9 Å². The summed E-state index contributed by atoms with van der Waals surface area (Å²) in [6.45, 7) is 13.2. The molecule has 0 N–H and O–H groups in total. The maximum Gasteiger partial charge on any atom is 0.167 e. The molecule has 2 atom stereocenters. The van der Waals surface area contributed by atoms with Gasteiger partial charge in [0.2, 0.25) is 0 Å². The Balaban J connectivity index is 1.38. The minimum absolute atomic E-state index is 0.0976. The van der Waals surface area contributed by atoms with Crippen LogP contribution in [0.1, 0.15) is 73.1 Å². The van der Waals surface area contributed by atoms with Crippen molar-refractivity contribution in [1.29, 1.82) is 0 Å². The van der Waals surface area contributed by atoms with Crippen LogP contribution in [0.5, 0.6) is 11.5 Å². The number of hydrogen-bond acceptors (Lipinski definition) is 8. The number of carbonyl (C=O) groups excluding carboxylic acids is 2. The largest absolute Gasteiger partial charge is 0.494 e. The molecule has 0 radical (unpaired) electrons. The first-order valence-corrected chi connectivity index (χ1v) is 16.7. The summed E-state index contributed by atoms with van der Waals surface area (Å²) < 4.78 is 22.5. The molecule has 0 aliphatic carbocycles. The van der Waals surface area contributed by atoms with E-state index in [0.29, 0.717) is 39.6 Å². The highest BCUT2D eigenvalue weighted by Gasteiger charge is 2.26. The van der Waals surface area contributed by atoms with Crippen LogP contribution in [0, 0.1) is 11.8 Å². The Morgan fingerprint density at radius 3 is 1.34 bits per heavy atom. The number of benzene rings is 2. The molecule has 0 saturated carbocycles. The molecule has 2 fully saturated rings. The molecule has 0 aromatic heterocycles. The number of ether oxygens (including phenoxy) is 4. The van der Waals surface area contributed by atoms with Gasteiger partial charge in [0.1, 0.15) is 11.5 Å². The Hall–Kier alpha value is -2.78. The quantitative estimate of drug-likeness (QED) is 0.147. The van der Waals surface area contributed by atoms with Gasteiger partial charge in [-0.15, -0.1) is 0 Å². The van der Waals surface area contributed by atoms with Gasteiger partial charge in [-0.25, -0.2) is 0 Å². The minimum atomic E-state index is -0.0976. The molecule has 0 bridgehead atoms. The van der Waals surface area contributed by atoms with Crippen molar-refractivity contribution in [3.8, 4) is 11.5 Å². The molecular weight excluding hydrogens is 556 g/mol. The van der Waals surface area contributed by atoms with Crippen LogP contribution in [0.4, 0.5) is 0 Å². The fourth-order valence-electron chi connectivity index (χ4n) is 5.92. The van der Waals surface area contributed by atoms with Gasteiger partial charge in [0.15, 0.2) is 11.6 Å². The Labute approximate surface area is 264 Å². The predicted octanol–water partition coefficient (Wildman–Crippen LogP) is 5.79. The van der Waals surface area contributed by atoms with Crippen LogP contribution in [0.25, 0.3) is 0 Å². The number of morpholine rings is 2. The third-order valence-electron chi connectivity index (χ3n) is 8.48. The van der Waals surface area contributed by atoms with E-state index in [1.807, 2.05) is 48.5 Å². The van der Waals surface area contributed by atoms with Gasteiger partial charge < -0.3 is 18.9 Å². The van der Waals surface area contributed by atoms with E-state index >= 15 is 0 Å². The highest BCUT2D eigenvalue weighted by atomic mass is 16.5. The summed E-state index contributed by atoms with van der Waals surface area (Å²) in [5.74, 6) is 1.77.